The number of carbonyl (C=O) groups excluding carboxylic acids is 1. The van der Waals surface area contributed by atoms with Gasteiger partial charge in [0.1, 0.15) is 0 Å². The Morgan fingerprint density at radius 2 is 1.92 bits per heavy atom. The molecular weight excluding hydrogens is 330 g/mol. The molecule has 26 heavy (non-hydrogen) atoms. The lowest BCUT2D eigenvalue weighted by Gasteiger charge is -2.20. The van der Waals surface area contributed by atoms with Crippen molar-refractivity contribution in [2.24, 2.45) is 0 Å². The van der Waals surface area contributed by atoms with Gasteiger partial charge in [0.25, 0.3) is 5.56 Å². The van der Waals surface area contributed by atoms with E-state index in [0.717, 1.165) is 17.7 Å². The minimum atomic E-state index is -0.487. The molecule has 0 saturated heterocycles. The maximum Gasteiger partial charge on any atom is 0.328 e. The number of fused-ring (bicyclic) bond motifs is 2. The largest absolute Gasteiger partial charge is 0.328 e. The van der Waals surface area contributed by atoms with E-state index < -0.39 is 11.2 Å². The van der Waals surface area contributed by atoms with Crippen molar-refractivity contribution >= 4 is 22.5 Å². The van der Waals surface area contributed by atoms with Gasteiger partial charge in [0.15, 0.2) is 0 Å². The number of anilines is 1. The van der Waals surface area contributed by atoms with Gasteiger partial charge in [-0.2, -0.15) is 0 Å². The predicted molar refractivity (Wildman–Crippen MR) is 101 cm³/mol. The summed E-state index contributed by atoms with van der Waals surface area (Å²) in [7, 11) is 0. The smallest absolute Gasteiger partial charge is 0.311 e. The van der Waals surface area contributed by atoms with Gasteiger partial charge in [0, 0.05) is 25.2 Å². The Labute approximate surface area is 149 Å². The van der Waals surface area contributed by atoms with E-state index in [0.29, 0.717) is 17.4 Å². The second kappa shape index (κ2) is 6.29. The third-order valence-corrected chi connectivity index (χ3v) is 4.95. The van der Waals surface area contributed by atoms with Crippen molar-refractivity contribution in [1.29, 1.82) is 0 Å². The van der Waals surface area contributed by atoms with E-state index in [9.17, 15) is 14.4 Å². The molecule has 0 aliphatic carbocycles. The molecule has 6 nitrogen and oxygen atoms in total. The van der Waals surface area contributed by atoms with Gasteiger partial charge in [-0.25, -0.2) is 4.79 Å². The molecule has 1 N–H and O–H groups in total. The van der Waals surface area contributed by atoms with E-state index in [1.165, 1.54) is 10.1 Å². The fraction of sp³-hybridized carbons (Fsp3) is 0.250. The number of hydrogen-bond acceptors (Lipinski definition) is 3. The molecule has 1 amide bonds. The molecule has 1 aromatic heterocycles. The number of hydrogen-bond donors (Lipinski definition) is 1. The monoisotopic (exact) mass is 349 g/mol. The van der Waals surface area contributed by atoms with Crippen LogP contribution in [-0.4, -0.2) is 22.0 Å². The Bertz CT molecular complexity index is 1130. The lowest BCUT2D eigenvalue weighted by molar-refractivity contribution is -0.118. The van der Waals surface area contributed by atoms with Crippen molar-refractivity contribution in [2.45, 2.75) is 26.3 Å². The molecule has 2 heterocycles. The zero-order chi connectivity index (χ0) is 18.3. The molecule has 4 rings (SSSR count). The van der Waals surface area contributed by atoms with E-state index >= 15 is 0 Å². The summed E-state index contributed by atoms with van der Waals surface area (Å²) in [6, 6.07) is 13.0. The number of nitrogens with one attached hydrogen (secondary N) is 1. The van der Waals surface area contributed by atoms with Crippen LogP contribution in [0.5, 0.6) is 0 Å². The predicted octanol–water partition coefficient (Wildman–Crippen LogP) is 1.98. The first-order valence-electron chi connectivity index (χ1n) is 8.67. The van der Waals surface area contributed by atoms with Gasteiger partial charge in [-0.3, -0.25) is 19.1 Å². The number of rotatable bonds is 3. The molecular formula is C20H19N3O3. The van der Waals surface area contributed by atoms with Crippen molar-refractivity contribution in [3.63, 3.8) is 0 Å². The lowest BCUT2D eigenvalue weighted by Crippen LogP contribution is -2.34. The summed E-state index contributed by atoms with van der Waals surface area (Å²) in [5, 5.41) is 0.446. The maximum atomic E-state index is 12.8. The van der Waals surface area contributed by atoms with Crippen molar-refractivity contribution in [3.8, 4) is 0 Å². The Hall–Kier alpha value is -3.15. The van der Waals surface area contributed by atoms with E-state index in [-0.39, 0.29) is 18.9 Å². The van der Waals surface area contributed by atoms with Gasteiger partial charge in [0.2, 0.25) is 5.91 Å². The number of para-hydroxylation sites is 2. The standard InChI is InChI=1S/C20H19N3O3/c1-13-5-4-6-14-9-11-23(18(13)14)17(24)10-12-22-16-8-3-2-7-15(16)19(25)21-20(22)26/h2-8H,9-12H2,1H3,(H,21,25,26). The molecule has 0 radical (unpaired) electrons. The van der Waals surface area contributed by atoms with Crippen LogP contribution in [0.3, 0.4) is 0 Å². The van der Waals surface area contributed by atoms with Crippen molar-refractivity contribution in [2.75, 3.05) is 11.4 Å². The van der Waals surface area contributed by atoms with Gasteiger partial charge in [-0.1, -0.05) is 30.3 Å². The number of carbonyl (C=O) groups is 1. The summed E-state index contributed by atoms with van der Waals surface area (Å²) in [4.78, 5) is 41.1. The Balaban J connectivity index is 1.62. The first-order chi connectivity index (χ1) is 12.6. The average molecular weight is 349 g/mol. The van der Waals surface area contributed by atoms with Crippen LogP contribution in [0.2, 0.25) is 0 Å². The van der Waals surface area contributed by atoms with Crippen LogP contribution in [0.4, 0.5) is 5.69 Å². The van der Waals surface area contributed by atoms with Gasteiger partial charge < -0.3 is 4.90 Å². The van der Waals surface area contributed by atoms with Crippen LogP contribution in [-0.2, 0) is 17.8 Å². The van der Waals surface area contributed by atoms with Crippen LogP contribution < -0.4 is 16.1 Å². The highest BCUT2D eigenvalue weighted by atomic mass is 16.2. The summed E-state index contributed by atoms with van der Waals surface area (Å²) < 4.78 is 1.46. The summed E-state index contributed by atoms with van der Waals surface area (Å²) in [6.07, 6.45) is 1.05. The SMILES string of the molecule is Cc1cccc2c1N(C(=O)CCn1c(=O)[nH]c(=O)c3ccccc31)CC2. The van der Waals surface area contributed by atoms with E-state index in [4.69, 9.17) is 0 Å². The lowest BCUT2D eigenvalue weighted by atomic mass is 10.1. The van der Waals surface area contributed by atoms with Crippen LogP contribution >= 0.6 is 0 Å². The Kier molecular flexibility index (Phi) is 3.95. The molecule has 0 bridgehead atoms. The van der Waals surface area contributed by atoms with E-state index in [1.54, 1.807) is 24.3 Å². The third kappa shape index (κ3) is 2.63. The van der Waals surface area contributed by atoms with Crippen LogP contribution in [0.15, 0.2) is 52.1 Å². The fourth-order valence-electron chi connectivity index (χ4n) is 3.71. The number of aromatic nitrogens is 2. The molecule has 132 valence electrons. The van der Waals surface area contributed by atoms with Crippen molar-refractivity contribution in [3.05, 3.63) is 74.4 Å². The summed E-state index contributed by atoms with van der Waals surface area (Å²) in [5.74, 6) is -0.0137. The molecule has 1 aliphatic heterocycles. The van der Waals surface area contributed by atoms with Gasteiger partial charge in [-0.15, -0.1) is 0 Å². The fourth-order valence-corrected chi connectivity index (χ4v) is 3.71. The molecule has 6 heteroatoms. The molecule has 1 aliphatic rings. The number of aryl methyl sites for hydroxylation is 2. The third-order valence-electron chi connectivity index (χ3n) is 4.95. The molecule has 0 unspecified atom stereocenters. The number of nitrogens with zero attached hydrogens (tertiary/aromatic N) is 2. The quantitative estimate of drug-likeness (QED) is 0.786. The highest BCUT2D eigenvalue weighted by molar-refractivity contribution is 5.96. The Morgan fingerprint density at radius 1 is 1.12 bits per heavy atom. The Morgan fingerprint density at radius 3 is 2.77 bits per heavy atom. The van der Waals surface area contributed by atoms with E-state index in [2.05, 4.69) is 11.1 Å². The topological polar surface area (TPSA) is 75.2 Å². The normalized spacial score (nSPS) is 13.2. The zero-order valence-electron chi connectivity index (χ0n) is 14.5. The second-order valence-corrected chi connectivity index (χ2v) is 6.56. The molecule has 0 spiro atoms. The van der Waals surface area contributed by atoms with Crippen molar-refractivity contribution < 1.29 is 4.79 Å². The summed E-state index contributed by atoms with van der Waals surface area (Å²) >= 11 is 0. The zero-order valence-corrected chi connectivity index (χ0v) is 14.5. The number of H-pyrrole nitrogens is 1. The molecule has 3 aromatic rings. The maximum absolute atomic E-state index is 12.8. The second-order valence-electron chi connectivity index (χ2n) is 6.56. The number of amides is 1. The first-order valence-corrected chi connectivity index (χ1v) is 8.67. The van der Waals surface area contributed by atoms with Gasteiger partial charge in [-0.05, 0) is 36.6 Å². The molecule has 0 saturated carbocycles. The van der Waals surface area contributed by atoms with Crippen molar-refractivity contribution in [1.82, 2.24) is 9.55 Å². The average Bonchev–Trinajstić information content (AvgIpc) is 3.07. The first kappa shape index (κ1) is 16.3. The van der Waals surface area contributed by atoms with E-state index in [1.807, 2.05) is 24.0 Å². The molecule has 2 aromatic carbocycles. The van der Waals surface area contributed by atoms with Crippen LogP contribution in [0.25, 0.3) is 10.9 Å². The summed E-state index contributed by atoms with van der Waals surface area (Å²) in [5.41, 5.74) is 2.92. The van der Waals surface area contributed by atoms with Crippen LogP contribution in [0.1, 0.15) is 17.5 Å². The van der Waals surface area contributed by atoms with Gasteiger partial charge >= 0.3 is 5.69 Å². The minimum Gasteiger partial charge on any atom is -0.311 e. The summed E-state index contributed by atoms with van der Waals surface area (Å²) in [6.45, 7) is 2.90. The molecule has 0 fully saturated rings. The highest BCUT2D eigenvalue weighted by Gasteiger charge is 2.25. The highest BCUT2D eigenvalue weighted by Crippen LogP contribution is 2.31. The van der Waals surface area contributed by atoms with Gasteiger partial charge in [0.05, 0.1) is 10.9 Å². The minimum absolute atomic E-state index is 0.0137. The molecule has 0 atom stereocenters. The number of aromatic amines is 1. The number of benzene rings is 2. The van der Waals surface area contributed by atoms with Crippen LogP contribution in [0, 0.1) is 6.92 Å².